The van der Waals surface area contributed by atoms with E-state index in [-0.39, 0.29) is 11.1 Å². The molecule has 2 aromatic rings. The summed E-state index contributed by atoms with van der Waals surface area (Å²) < 4.78 is 8.24. The van der Waals surface area contributed by atoms with Gasteiger partial charge in [0.05, 0.1) is 11.6 Å². The number of carbonyl (C=O) groups is 4. The fourth-order valence-electron chi connectivity index (χ4n) is 4.52. The van der Waals surface area contributed by atoms with Crippen molar-refractivity contribution in [2.75, 3.05) is 33.1 Å². The van der Waals surface area contributed by atoms with Crippen molar-refractivity contribution in [3.05, 3.63) is 83.2 Å². The third-order valence-corrected chi connectivity index (χ3v) is 6.50. The van der Waals surface area contributed by atoms with Gasteiger partial charge in [0.2, 0.25) is 5.36 Å². The number of carboxylic acid groups (broad SMARTS) is 1. The molecule has 3 amide bonds. The van der Waals surface area contributed by atoms with Crippen molar-refractivity contribution in [2.24, 2.45) is 0 Å². The first kappa shape index (κ1) is 24.6. The van der Waals surface area contributed by atoms with E-state index in [0.29, 0.717) is 38.3 Å². The van der Waals surface area contributed by atoms with Gasteiger partial charge < -0.3 is 14.4 Å². The zero-order valence-electron chi connectivity index (χ0n) is 21.2. The number of carboxylic acids is 1. The second-order valence-electron chi connectivity index (χ2n) is 9.34. The molecule has 9 nitrogen and oxygen atoms in total. The predicted octanol–water partition coefficient (Wildman–Crippen LogP) is 3.07. The van der Waals surface area contributed by atoms with Crippen molar-refractivity contribution in [3.8, 4) is 22.5 Å². The third kappa shape index (κ3) is 4.03. The second-order valence-corrected chi connectivity index (χ2v) is 9.34. The van der Waals surface area contributed by atoms with Crippen molar-refractivity contribution < 1.29 is 28.7 Å². The van der Waals surface area contributed by atoms with Gasteiger partial charge in [-0.1, -0.05) is 6.07 Å². The number of aromatic carboxylic acids is 1. The van der Waals surface area contributed by atoms with Crippen LogP contribution in [-0.4, -0.2) is 61.9 Å². The number of benzene rings is 3. The lowest BCUT2D eigenvalue weighted by molar-refractivity contribution is -0.133. The van der Waals surface area contributed by atoms with Crippen LogP contribution in [0.15, 0.2) is 71.2 Å². The van der Waals surface area contributed by atoms with E-state index in [1.807, 2.05) is 74.1 Å². The number of carbonyl (C=O) groups excluding carboxylic acids is 3. The zero-order chi connectivity index (χ0) is 27.3. The minimum Gasteiger partial charge on any atom is -0.478 e. The highest BCUT2D eigenvalue weighted by Gasteiger charge is 2.32. The number of amides is 3. The smallest absolute Gasteiger partial charge is 0.336 e. The van der Waals surface area contributed by atoms with E-state index in [1.165, 1.54) is 18.2 Å². The number of hydrogen-bond donors (Lipinski definition) is 1. The predicted molar refractivity (Wildman–Crippen MR) is 142 cm³/mol. The van der Waals surface area contributed by atoms with Crippen LogP contribution in [0, 0.1) is 0 Å². The van der Waals surface area contributed by atoms with Gasteiger partial charge >= 0.3 is 5.97 Å². The number of hydrogen-bond acceptors (Lipinski definition) is 6. The number of anilines is 1. The molecule has 0 atom stereocenters. The topological polar surface area (TPSA) is 111 Å². The summed E-state index contributed by atoms with van der Waals surface area (Å²) in [5.74, 6) is -3.12. The average molecular weight is 511 g/mol. The molecule has 0 saturated carbocycles. The summed E-state index contributed by atoms with van der Waals surface area (Å²) in [6.07, 6.45) is 2.00. The summed E-state index contributed by atoms with van der Waals surface area (Å²) in [4.78, 5) is 51.9. The number of fused-ring (bicyclic) bond motifs is 2. The van der Waals surface area contributed by atoms with Crippen LogP contribution in [0.3, 0.4) is 0 Å². The molecule has 190 valence electrons. The van der Waals surface area contributed by atoms with Crippen molar-refractivity contribution in [1.82, 2.24) is 9.48 Å². The standard InChI is InChI=1S/C29H23N3O6/c1-30(2)17-6-9-20-23(14-17)38-24-15-18(31(3)4)7-10-21(24)27(20)19-8-5-16(13-22(19)29(36)37)28(35)32-25(33)11-12-26(32)34/h5-15H,1-4H3/p+1. The van der Waals surface area contributed by atoms with Crippen molar-refractivity contribution in [1.29, 1.82) is 0 Å². The van der Waals surface area contributed by atoms with Gasteiger partial charge in [-0.2, -0.15) is 0 Å². The first-order chi connectivity index (χ1) is 18.1. The first-order valence-corrected chi connectivity index (χ1v) is 11.7. The SMILES string of the molecule is CN(C)c1ccc2c(-c3ccc(C(=O)N4C(=O)C=CC4=O)cc3C(=O)O)c3ccc(=[N+](C)C)cc-3oc2c1. The molecule has 2 heterocycles. The molecule has 0 unspecified atom stereocenters. The van der Waals surface area contributed by atoms with E-state index in [0.717, 1.165) is 23.2 Å². The van der Waals surface area contributed by atoms with Crippen molar-refractivity contribution in [3.63, 3.8) is 0 Å². The Bertz CT molecular complexity index is 1740. The highest BCUT2D eigenvalue weighted by Crippen LogP contribution is 2.42. The summed E-state index contributed by atoms with van der Waals surface area (Å²) >= 11 is 0. The van der Waals surface area contributed by atoms with Crippen LogP contribution < -0.4 is 14.8 Å². The summed E-state index contributed by atoms with van der Waals surface area (Å²) in [5.41, 5.74) is 2.92. The number of imide groups is 3. The van der Waals surface area contributed by atoms with Crippen LogP contribution in [-0.2, 0) is 9.59 Å². The van der Waals surface area contributed by atoms with E-state index in [4.69, 9.17) is 4.42 Å². The fraction of sp³-hybridized carbons (Fsp3) is 0.138. The Morgan fingerprint density at radius 3 is 2.21 bits per heavy atom. The van der Waals surface area contributed by atoms with Gasteiger partial charge in [-0.15, -0.1) is 0 Å². The molecule has 0 spiro atoms. The van der Waals surface area contributed by atoms with Gasteiger partial charge in [0.15, 0.2) is 0 Å². The molecule has 0 saturated heterocycles. The van der Waals surface area contributed by atoms with E-state index in [1.54, 1.807) is 0 Å². The summed E-state index contributed by atoms with van der Waals surface area (Å²) in [6.45, 7) is 0. The molecule has 9 heteroatoms. The number of nitrogens with zero attached hydrogens (tertiary/aromatic N) is 3. The van der Waals surface area contributed by atoms with Crippen LogP contribution in [0.2, 0.25) is 0 Å². The van der Waals surface area contributed by atoms with Crippen LogP contribution in [0.5, 0.6) is 0 Å². The first-order valence-electron chi connectivity index (χ1n) is 11.7. The maximum absolute atomic E-state index is 12.9. The lowest BCUT2D eigenvalue weighted by Gasteiger charge is -2.19. The minimum atomic E-state index is -1.26. The molecule has 5 rings (SSSR count). The summed E-state index contributed by atoms with van der Waals surface area (Å²) in [7, 11) is 7.65. The van der Waals surface area contributed by atoms with E-state index >= 15 is 0 Å². The van der Waals surface area contributed by atoms with Crippen LogP contribution in [0.1, 0.15) is 20.7 Å². The minimum absolute atomic E-state index is 0.0874. The molecule has 0 radical (unpaired) electrons. The Kier molecular flexibility index (Phi) is 5.91. The molecular weight excluding hydrogens is 486 g/mol. The van der Waals surface area contributed by atoms with Crippen molar-refractivity contribution in [2.45, 2.75) is 0 Å². The molecule has 1 N–H and O–H groups in total. The normalized spacial score (nSPS) is 13.0. The zero-order valence-corrected chi connectivity index (χ0v) is 21.2. The maximum atomic E-state index is 12.9. The van der Waals surface area contributed by atoms with E-state index in [9.17, 15) is 24.3 Å². The average Bonchev–Trinajstić information content (AvgIpc) is 3.23. The molecular formula is C29H24N3O6+. The lowest BCUT2D eigenvalue weighted by atomic mass is 9.89. The van der Waals surface area contributed by atoms with Gasteiger partial charge in [-0.3, -0.25) is 14.4 Å². The largest absolute Gasteiger partial charge is 0.478 e. The highest BCUT2D eigenvalue weighted by molar-refractivity contribution is 6.26. The molecule has 1 aliphatic carbocycles. The van der Waals surface area contributed by atoms with E-state index < -0.39 is 23.7 Å². The Morgan fingerprint density at radius 2 is 1.58 bits per heavy atom. The van der Waals surface area contributed by atoms with Gasteiger partial charge in [-0.05, 0) is 35.9 Å². The Morgan fingerprint density at radius 1 is 0.895 bits per heavy atom. The van der Waals surface area contributed by atoms with Gasteiger partial charge in [0.1, 0.15) is 25.4 Å². The molecule has 2 aliphatic heterocycles. The summed E-state index contributed by atoms with van der Waals surface area (Å²) in [5, 5.41) is 11.8. The lowest BCUT2D eigenvalue weighted by Crippen LogP contribution is -2.36. The Hall–Kier alpha value is -5.05. The maximum Gasteiger partial charge on any atom is 0.336 e. The molecule has 0 fully saturated rings. The van der Waals surface area contributed by atoms with Gasteiger partial charge in [0, 0.05) is 66.1 Å². The van der Waals surface area contributed by atoms with Crippen LogP contribution in [0.25, 0.3) is 33.4 Å². The second kappa shape index (κ2) is 9.11. The highest BCUT2D eigenvalue weighted by atomic mass is 16.4. The van der Waals surface area contributed by atoms with E-state index in [2.05, 4.69) is 0 Å². The summed E-state index contributed by atoms with van der Waals surface area (Å²) in [6, 6.07) is 15.5. The molecule has 0 bridgehead atoms. The molecule has 3 aliphatic rings. The molecule has 2 aromatic carbocycles. The molecule has 0 aromatic heterocycles. The molecule has 38 heavy (non-hydrogen) atoms. The van der Waals surface area contributed by atoms with Crippen LogP contribution >= 0.6 is 0 Å². The number of rotatable bonds is 4. The Balaban J connectivity index is 1.79. The van der Waals surface area contributed by atoms with Gasteiger partial charge in [0.25, 0.3) is 17.7 Å². The Labute approximate surface area is 217 Å². The van der Waals surface area contributed by atoms with Crippen molar-refractivity contribution >= 4 is 40.3 Å². The quantitative estimate of drug-likeness (QED) is 0.255. The fourth-order valence-corrected chi connectivity index (χ4v) is 4.52. The monoisotopic (exact) mass is 510 g/mol. The third-order valence-electron chi connectivity index (χ3n) is 6.50. The van der Waals surface area contributed by atoms with Crippen LogP contribution in [0.4, 0.5) is 5.69 Å². The van der Waals surface area contributed by atoms with Gasteiger partial charge in [-0.25, -0.2) is 14.3 Å².